The predicted molar refractivity (Wildman–Crippen MR) is 89.6 cm³/mol. The summed E-state index contributed by atoms with van der Waals surface area (Å²) in [4.78, 5) is 26.3. The molecule has 1 N–H and O–H groups in total. The molecule has 23 heavy (non-hydrogen) atoms. The van der Waals surface area contributed by atoms with Crippen molar-refractivity contribution in [3.05, 3.63) is 34.8 Å². The standard InChI is InChI=1S/C16H18N4O2S/c1-3-13-18-19-16(23-13)17-15(22)11-8-14(21)20(9-11)12-6-4-5-10(2)7-12/h4-7,11H,3,8-9H2,1-2H3,(H,17,19,22). The van der Waals surface area contributed by atoms with Crippen LogP contribution in [0.1, 0.15) is 23.9 Å². The smallest absolute Gasteiger partial charge is 0.231 e. The highest BCUT2D eigenvalue weighted by atomic mass is 32.1. The van der Waals surface area contributed by atoms with Gasteiger partial charge in [0.25, 0.3) is 0 Å². The van der Waals surface area contributed by atoms with Crippen LogP contribution in [-0.4, -0.2) is 28.6 Å². The number of hydrogen-bond acceptors (Lipinski definition) is 5. The lowest BCUT2D eigenvalue weighted by atomic mass is 10.1. The molecule has 1 aliphatic heterocycles. The number of nitrogens with zero attached hydrogens (tertiary/aromatic N) is 3. The first-order chi connectivity index (χ1) is 11.1. The van der Waals surface area contributed by atoms with Gasteiger partial charge in [-0.1, -0.05) is 30.4 Å². The zero-order chi connectivity index (χ0) is 16.4. The van der Waals surface area contributed by atoms with Crippen LogP contribution in [-0.2, 0) is 16.0 Å². The first-order valence-electron chi connectivity index (χ1n) is 7.57. The third kappa shape index (κ3) is 3.39. The van der Waals surface area contributed by atoms with Gasteiger partial charge in [-0.15, -0.1) is 10.2 Å². The Kier molecular flexibility index (Phi) is 4.38. The Balaban J connectivity index is 1.68. The van der Waals surface area contributed by atoms with E-state index in [2.05, 4.69) is 15.5 Å². The number of benzene rings is 1. The first-order valence-corrected chi connectivity index (χ1v) is 8.38. The zero-order valence-electron chi connectivity index (χ0n) is 13.1. The van der Waals surface area contributed by atoms with Gasteiger partial charge in [-0.2, -0.15) is 0 Å². The molecule has 0 aliphatic carbocycles. The molecule has 120 valence electrons. The molecule has 2 heterocycles. The average Bonchev–Trinajstić information content (AvgIpc) is 3.13. The Labute approximate surface area is 138 Å². The second-order valence-corrected chi connectivity index (χ2v) is 6.65. The number of carbonyl (C=O) groups is 2. The summed E-state index contributed by atoms with van der Waals surface area (Å²) in [5.74, 6) is -0.563. The third-order valence-corrected chi connectivity index (χ3v) is 4.79. The second-order valence-electron chi connectivity index (χ2n) is 5.59. The van der Waals surface area contributed by atoms with Gasteiger partial charge in [0, 0.05) is 18.7 Å². The van der Waals surface area contributed by atoms with Gasteiger partial charge < -0.3 is 10.2 Å². The molecule has 3 rings (SSSR count). The lowest BCUT2D eigenvalue weighted by Gasteiger charge is -2.17. The average molecular weight is 330 g/mol. The molecule has 1 aromatic heterocycles. The van der Waals surface area contributed by atoms with Crippen molar-refractivity contribution < 1.29 is 9.59 Å². The van der Waals surface area contributed by atoms with Crippen LogP contribution >= 0.6 is 11.3 Å². The van der Waals surface area contributed by atoms with E-state index in [-0.39, 0.29) is 24.2 Å². The molecule has 1 saturated heterocycles. The number of carbonyl (C=O) groups excluding carboxylic acids is 2. The van der Waals surface area contributed by atoms with Crippen molar-refractivity contribution in [2.24, 2.45) is 5.92 Å². The van der Waals surface area contributed by atoms with E-state index in [4.69, 9.17) is 0 Å². The Morgan fingerprint density at radius 2 is 2.26 bits per heavy atom. The van der Waals surface area contributed by atoms with E-state index in [1.54, 1.807) is 4.90 Å². The third-order valence-electron chi connectivity index (χ3n) is 3.81. The fourth-order valence-electron chi connectivity index (χ4n) is 2.58. The topological polar surface area (TPSA) is 75.2 Å². The minimum Gasteiger partial charge on any atom is -0.312 e. The summed E-state index contributed by atoms with van der Waals surface area (Å²) < 4.78 is 0. The Bertz CT molecular complexity index is 743. The number of rotatable bonds is 4. The molecule has 1 aromatic carbocycles. The molecule has 0 radical (unpaired) electrons. The van der Waals surface area contributed by atoms with Crippen LogP contribution in [0.2, 0.25) is 0 Å². The fraction of sp³-hybridized carbons (Fsp3) is 0.375. The number of aryl methyl sites for hydroxylation is 2. The van der Waals surface area contributed by atoms with Crippen molar-refractivity contribution in [2.45, 2.75) is 26.7 Å². The second kappa shape index (κ2) is 6.45. The quantitative estimate of drug-likeness (QED) is 0.934. The predicted octanol–water partition coefficient (Wildman–Crippen LogP) is 2.40. The summed E-state index contributed by atoms with van der Waals surface area (Å²) in [6, 6.07) is 7.74. The summed E-state index contributed by atoms with van der Waals surface area (Å²) in [6.45, 7) is 4.37. The van der Waals surface area contributed by atoms with Crippen LogP contribution < -0.4 is 10.2 Å². The highest BCUT2D eigenvalue weighted by Crippen LogP contribution is 2.27. The first kappa shape index (κ1) is 15.6. The van der Waals surface area contributed by atoms with Gasteiger partial charge in [0.2, 0.25) is 16.9 Å². The van der Waals surface area contributed by atoms with Crippen LogP contribution in [0.5, 0.6) is 0 Å². The summed E-state index contributed by atoms with van der Waals surface area (Å²) >= 11 is 1.37. The van der Waals surface area contributed by atoms with Gasteiger partial charge >= 0.3 is 0 Å². The van der Waals surface area contributed by atoms with Gasteiger partial charge in [-0.05, 0) is 31.0 Å². The summed E-state index contributed by atoms with van der Waals surface area (Å²) in [5, 5.41) is 12.1. The summed E-state index contributed by atoms with van der Waals surface area (Å²) in [7, 11) is 0. The van der Waals surface area contributed by atoms with E-state index in [1.807, 2.05) is 38.1 Å². The van der Waals surface area contributed by atoms with Gasteiger partial charge in [0.15, 0.2) is 0 Å². The van der Waals surface area contributed by atoms with E-state index >= 15 is 0 Å². The Hall–Kier alpha value is -2.28. The van der Waals surface area contributed by atoms with Gasteiger partial charge in [-0.3, -0.25) is 9.59 Å². The minimum atomic E-state index is -0.364. The maximum atomic E-state index is 12.4. The van der Waals surface area contributed by atoms with E-state index in [9.17, 15) is 9.59 Å². The van der Waals surface area contributed by atoms with E-state index in [0.717, 1.165) is 22.7 Å². The van der Waals surface area contributed by atoms with Crippen LogP contribution in [0.25, 0.3) is 0 Å². The molecule has 2 amide bonds. The van der Waals surface area contributed by atoms with Crippen molar-refractivity contribution in [3.8, 4) is 0 Å². The molecule has 1 aliphatic rings. The number of nitrogens with one attached hydrogen (secondary N) is 1. The summed E-state index contributed by atoms with van der Waals surface area (Å²) in [6.07, 6.45) is 1.01. The number of aromatic nitrogens is 2. The Morgan fingerprint density at radius 1 is 1.43 bits per heavy atom. The highest BCUT2D eigenvalue weighted by molar-refractivity contribution is 7.15. The molecule has 1 atom stereocenters. The fourth-order valence-corrected chi connectivity index (χ4v) is 3.27. The molecule has 0 spiro atoms. The molecule has 0 bridgehead atoms. The normalized spacial score (nSPS) is 17.6. The van der Waals surface area contributed by atoms with Crippen molar-refractivity contribution in [2.75, 3.05) is 16.8 Å². The van der Waals surface area contributed by atoms with Crippen molar-refractivity contribution in [3.63, 3.8) is 0 Å². The molecule has 0 saturated carbocycles. The zero-order valence-corrected chi connectivity index (χ0v) is 13.9. The van der Waals surface area contributed by atoms with Gasteiger partial charge in [-0.25, -0.2) is 0 Å². The highest BCUT2D eigenvalue weighted by Gasteiger charge is 2.35. The monoisotopic (exact) mass is 330 g/mol. The van der Waals surface area contributed by atoms with Crippen molar-refractivity contribution >= 4 is 34.0 Å². The summed E-state index contributed by atoms with van der Waals surface area (Å²) in [5.41, 5.74) is 1.93. The maximum Gasteiger partial charge on any atom is 0.231 e. The molecule has 6 nitrogen and oxygen atoms in total. The van der Waals surface area contributed by atoms with Crippen molar-refractivity contribution in [1.82, 2.24) is 10.2 Å². The lowest BCUT2D eigenvalue weighted by Crippen LogP contribution is -2.28. The molecule has 2 aromatic rings. The number of amides is 2. The van der Waals surface area contributed by atoms with Gasteiger partial charge in [0.05, 0.1) is 5.92 Å². The molecular weight excluding hydrogens is 312 g/mol. The molecule has 1 fully saturated rings. The van der Waals surface area contributed by atoms with E-state index < -0.39 is 0 Å². The number of hydrogen-bond donors (Lipinski definition) is 1. The maximum absolute atomic E-state index is 12.4. The van der Waals surface area contributed by atoms with E-state index in [1.165, 1.54) is 11.3 Å². The number of anilines is 2. The minimum absolute atomic E-state index is 0.0257. The molecule has 1 unspecified atom stereocenters. The van der Waals surface area contributed by atoms with Crippen LogP contribution in [0.4, 0.5) is 10.8 Å². The Morgan fingerprint density at radius 3 is 2.96 bits per heavy atom. The van der Waals surface area contributed by atoms with Crippen LogP contribution in [0, 0.1) is 12.8 Å². The largest absolute Gasteiger partial charge is 0.312 e. The van der Waals surface area contributed by atoms with Crippen molar-refractivity contribution in [1.29, 1.82) is 0 Å². The van der Waals surface area contributed by atoms with Gasteiger partial charge in [0.1, 0.15) is 5.01 Å². The lowest BCUT2D eigenvalue weighted by molar-refractivity contribution is -0.122. The van der Waals surface area contributed by atoms with E-state index in [0.29, 0.717) is 11.7 Å². The molecular formula is C16H18N4O2S. The van der Waals surface area contributed by atoms with Crippen LogP contribution in [0.3, 0.4) is 0 Å². The SMILES string of the molecule is CCc1nnc(NC(=O)C2CC(=O)N(c3cccc(C)c3)C2)s1. The van der Waals surface area contributed by atoms with Crippen LogP contribution in [0.15, 0.2) is 24.3 Å². The molecule has 7 heteroatoms.